The molecule has 1 aliphatic rings. The fourth-order valence-electron chi connectivity index (χ4n) is 3.31. The molecule has 1 fully saturated rings. The number of piperazine rings is 1. The van der Waals surface area contributed by atoms with Crippen LogP contribution in [0.15, 0.2) is 24.5 Å². The van der Waals surface area contributed by atoms with Crippen LogP contribution >= 0.6 is 12.4 Å². The van der Waals surface area contributed by atoms with Gasteiger partial charge in [-0.15, -0.1) is 22.6 Å². The summed E-state index contributed by atoms with van der Waals surface area (Å²) >= 11 is 0. The monoisotopic (exact) mass is 432 g/mol. The van der Waals surface area contributed by atoms with Gasteiger partial charge in [0, 0.05) is 38.1 Å². The molecule has 0 radical (unpaired) electrons. The third-order valence-corrected chi connectivity index (χ3v) is 4.64. The summed E-state index contributed by atoms with van der Waals surface area (Å²) in [5.41, 5.74) is 1.11. The lowest BCUT2D eigenvalue weighted by atomic mass is 10.2. The Hall–Kier alpha value is -2.98. The predicted octanol–water partition coefficient (Wildman–Crippen LogP) is 1.70. The molecule has 1 unspecified atom stereocenters. The number of imidazole rings is 1. The smallest absolute Gasteiger partial charge is 0.263 e. The van der Waals surface area contributed by atoms with E-state index in [4.69, 9.17) is 4.74 Å². The third kappa shape index (κ3) is 4.60. The summed E-state index contributed by atoms with van der Waals surface area (Å²) in [5, 5.41) is 14.6. The van der Waals surface area contributed by atoms with Crippen molar-refractivity contribution in [1.29, 1.82) is 0 Å². The van der Waals surface area contributed by atoms with Crippen LogP contribution < -0.4 is 20.3 Å². The largest absolute Gasteiger partial charge is 0.477 e. The highest BCUT2D eigenvalue weighted by Crippen LogP contribution is 2.20. The summed E-state index contributed by atoms with van der Waals surface area (Å²) in [6.07, 6.45) is 3.46. The number of hydrogen-bond acceptors (Lipinski definition) is 8. The minimum atomic E-state index is -0.368. The van der Waals surface area contributed by atoms with Gasteiger partial charge in [-0.3, -0.25) is 9.20 Å². The molecule has 0 bridgehead atoms. The van der Waals surface area contributed by atoms with Crippen molar-refractivity contribution in [3.63, 3.8) is 0 Å². The van der Waals surface area contributed by atoms with E-state index in [0.717, 1.165) is 31.1 Å². The Morgan fingerprint density at radius 3 is 2.83 bits per heavy atom. The first-order valence-electron chi connectivity index (χ1n) is 9.66. The minimum absolute atomic E-state index is 0. The fraction of sp³-hybridized carbons (Fsp3) is 0.421. The third-order valence-electron chi connectivity index (χ3n) is 4.64. The number of anilines is 2. The average molecular weight is 433 g/mol. The Labute approximate surface area is 180 Å². The van der Waals surface area contributed by atoms with Crippen LogP contribution in [0.4, 0.5) is 11.6 Å². The lowest BCUT2D eigenvalue weighted by Crippen LogP contribution is -2.49. The molecule has 30 heavy (non-hydrogen) atoms. The Bertz CT molecular complexity index is 1020. The second-order valence-corrected chi connectivity index (χ2v) is 7.01. The van der Waals surface area contributed by atoms with Gasteiger partial charge < -0.3 is 20.3 Å². The van der Waals surface area contributed by atoms with Crippen molar-refractivity contribution in [2.24, 2.45) is 0 Å². The quantitative estimate of drug-likeness (QED) is 0.627. The van der Waals surface area contributed by atoms with Crippen molar-refractivity contribution in [3.05, 3.63) is 35.8 Å². The zero-order chi connectivity index (χ0) is 20.4. The maximum absolute atomic E-state index is 12.8. The van der Waals surface area contributed by atoms with Crippen molar-refractivity contribution >= 4 is 35.7 Å². The van der Waals surface area contributed by atoms with Gasteiger partial charge in [0.15, 0.2) is 11.6 Å². The van der Waals surface area contributed by atoms with E-state index in [9.17, 15) is 4.79 Å². The van der Waals surface area contributed by atoms with Gasteiger partial charge in [0.25, 0.3) is 5.91 Å². The van der Waals surface area contributed by atoms with Gasteiger partial charge in [-0.1, -0.05) is 0 Å². The van der Waals surface area contributed by atoms with Gasteiger partial charge in [0.2, 0.25) is 11.7 Å². The number of nitrogens with one attached hydrogen (secondary N) is 2. The number of hydrogen-bond donors (Lipinski definition) is 2. The number of rotatable bonds is 5. The van der Waals surface area contributed by atoms with Crippen LogP contribution in [0.3, 0.4) is 0 Å². The molecule has 11 heteroatoms. The van der Waals surface area contributed by atoms with Gasteiger partial charge in [-0.05, 0) is 32.9 Å². The number of halogens is 1. The maximum atomic E-state index is 12.8. The number of carbonyl (C=O) groups excluding carboxylic acids is 1. The number of carbonyl (C=O) groups is 1. The first kappa shape index (κ1) is 21.7. The fourth-order valence-corrected chi connectivity index (χ4v) is 3.31. The molecule has 1 saturated heterocycles. The number of amides is 1. The van der Waals surface area contributed by atoms with Gasteiger partial charge in [-0.2, -0.15) is 4.98 Å². The highest BCUT2D eigenvalue weighted by atomic mass is 35.5. The van der Waals surface area contributed by atoms with E-state index >= 15 is 0 Å². The zero-order valence-corrected chi connectivity index (χ0v) is 17.9. The summed E-state index contributed by atoms with van der Waals surface area (Å²) in [7, 11) is 0. The van der Waals surface area contributed by atoms with Crippen LogP contribution in [0, 0.1) is 6.92 Å². The van der Waals surface area contributed by atoms with E-state index in [2.05, 4.69) is 42.6 Å². The van der Waals surface area contributed by atoms with E-state index in [0.29, 0.717) is 29.8 Å². The number of ether oxygens (including phenoxy) is 1. The number of aromatic nitrogens is 5. The summed E-state index contributed by atoms with van der Waals surface area (Å²) in [5.74, 6) is 1.51. The minimum Gasteiger partial charge on any atom is -0.477 e. The van der Waals surface area contributed by atoms with Crippen LogP contribution in [0.1, 0.15) is 29.9 Å². The standard InChI is InChI=1S/C19H24N8O2.ClH/c1-4-29-18-14(11-27-10-13(3)21-19(27)23-18)17(28)22-15-5-6-16(25-24-15)26-8-7-20-12(2)9-26;/h5-6,10-12,20H,4,7-9H2,1-3H3,(H,22,24,28);1H. The molecule has 4 rings (SSSR count). The normalized spacial score (nSPS) is 16.2. The molecular formula is C19H25ClN8O2. The van der Waals surface area contributed by atoms with Crippen molar-refractivity contribution in [2.75, 3.05) is 36.5 Å². The summed E-state index contributed by atoms with van der Waals surface area (Å²) in [6, 6.07) is 4.02. The molecule has 1 aliphatic heterocycles. The molecular weight excluding hydrogens is 408 g/mol. The highest BCUT2D eigenvalue weighted by molar-refractivity contribution is 6.05. The number of nitrogens with zero attached hydrogens (tertiary/aromatic N) is 6. The predicted molar refractivity (Wildman–Crippen MR) is 116 cm³/mol. The molecule has 0 spiro atoms. The van der Waals surface area contributed by atoms with Crippen LogP contribution in [-0.4, -0.2) is 62.8 Å². The summed E-state index contributed by atoms with van der Waals surface area (Å²) < 4.78 is 7.25. The zero-order valence-electron chi connectivity index (χ0n) is 17.1. The molecule has 10 nitrogen and oxygen atoms in total. The second kappa shape index (κ2) is 9.23. The highest BCUT2D eigenvalue weighted by Gasteiger charge is 2.19. The first-order chi connectivity index (χ1) is 14.0. The molecule has 3 aromatic heterocycles. The topological polar surface area (TPSA) is 110 Å². The number of fused-ring (bicyclic) bond motifs is 1. The molecule has 1 atom stereocenters. The van der Waals surface area contributed by atoms with E-state index in [1.54, 1.807) is 22.9 Å². The Morgan fingerprint density at radius 1 is 1.30 bits per heavy atom. The average Bonchev–Trinajstić information content (AvgIpc) is 3.07. The summed E-state index contributed by atoms with van der Waals surface area (Å²) in [6.45, 7) is 8.88. The summed E-state index contributed by atoms with van der Waals surface area (Å²) in [4.78, 5) is 23.7. The van der Waals surface area contributed by atoms with E-state index in [-0.39, 0.29) is 24.2 Å². The van der Waals surface area contributed by atoms with Crippen LogP contribution in [0.2, 0.25) is 0 Å². The molecule has 1 amide bonds. The van der Waals surface area contributed by atoms with Crippen LogP contribution in [-0.2, 0) is 0 Å². The van der Waals surface area contributed by atoms with E-state index in [1.165, 1.54) is 0 Å². The molecule has 0 aliphatic carbocycles. The second-order valence-electron chi connectivity index (χ2n) is 7.01. The number of aryl methyl sites for hydroxylation is 1. The maximum Gasteiger partial charge on any atom is 0.263 e. The molecule has 0 aromatic carbocycles. The van der Waals surface area contributed by atoms with Crippen molar-refractivity contribution in [3.8, 4) is 5.88 Å². The van der Waals surface area contributed by atoms with Gasteiger partial charge in [0.1, 0.15) is 5.56 Å². The molecule has 0 saturated carbocycles. The van der Waals surface area contributed by atoms with Crippen LogP contribution in [0.25, 0.3) is 5.78 Å². The van der Waals surface area contributed by atoms with Gasteiger partial charge in [-0.25, -0.2) is 4.98 Å². The Balaban J connectivity index is 0.00000256. The van der Waals surface area contributed by atoms with E-state index in [1.807, 2.05) is 19.9 Å². The SMILES string of the molecule is CCOc1nc2nc(C)cn2cc1C(=O)Nc1ccc(N2CCNC(C)C2)nn1.Cl. The van der Waals surface area contributed by atoms with Crippen molar-refractivity contribution in [2.45, 2.75) is 26.8 Å². The molecule has 3 aromatic rings. The van der Waals surface area contributed by atoms with Gasteiger partial charge >= 0.3 is 0 Å². The first-order valence-corrected chi connectivity index (χ1v) is 9.66. The van der Waals surface area contributed by atoms with Crippen molar-refractivity contribution < 1.29 is 9.53 Å². The lowest BCUT2D eigenvalue weighted by Gasteiger charge is -2.32. The lowest BCUT2D eigenvalue weighted by molar-refractivity contribution is 0.102. The molecule has 4 heterocycles. The molecule has 160 valence electrons. The molecule has 2 N–H and O–H groups in total. The van der Waals surface area contributed by atoms with Crippen molar-refractivity contribution in [1.82, 2.24) is 29.9 Å². The van der Waals surface area contributed by atoms with E-state index < -0.39 is 0 Å². The van der Waals surface area contributed by atoms with Gasteiger partial charge in [0.05, 0.1) is 12.3 Å². The Morgan fingerprint density at radius 2 is 2.13 bits per heavy atom. The Kier molecular flexibility index (Phi) is 6.68. The van der Waals surface area contributed by atoms with Crippen LogP contribution in [0.5, 0.6) is 5.88 Å².